The number of imidazole rings is 1. The van der Waals surface area contributed by atoms with Gasteiger partial charge in [-0.05, 0) is 6.07 Å². The summed E-state index contributed by atoms with van der Waals surface area (Å²) in [7, 11) is 0. The number of benzene rings is 1. The van der Waals surface area contributed by atoms with Gasteiger partial charge in [-0.1, -0.05) is 0 Å². The highest BCUT2D eigenvalue weighted by molar-refractivity contribution is 5.83. The van der Waals surface area contributed by atoms with E-state index < -0.39 is 0 Å². The first-order valence-electron chi connectivity index (χ1n) is 6.78. The van der Waals surface area contributed by atoms with Crippen LogP contribution in [0.3, 0.4) is 0 Å². The smallest absolute Gasteiger partial charge is 0.248 e. The zero-order valence-electron chi connectivity index (χ0n) is 11.2. The molecule has 0 atom stereocenters. The summed E-state index contributed by atoms with van der Waals surface area (Å²) in [4.78, 5) is 21.7. The van der Waals surface area contributed by atoms with Gasteiger partial charge in [0.2, 0.25) is 5.56 Å². The van der Waals surface area contributed by atoms with E-state index in [4.69, 9.17) is 9.47 Å². The molecule has 21 heavy (non-hydrogen) atoms. The van der Waals surface area contributed by atoms with Gasteiger partial charge >= 0.3 is 0 Å². The summed E-state index contributed by atoms with van der Waals surface area (Å²) in [5, 5.41) is 0. The quantitative estimate of drug-likeness (QED) is 0.716. The standard InChI is InChI=1S/C15H13N3O3/c19-14-6-9(2-3-16-14)15-17-10-7-12-13(8-11(10)18-15)21-5-1-4-20-12/h2-3,6-8H,1,4-5H2,(H,16,19)(H,17,18). The molecule has 1 aliphatic rings. The lowest BCUT2D eigenvalue weighted by Gasteiger charge is -2.05. The molecule has 1 aliphatic heterocycles. The van der Waals surface area contributed by atoms with E-state index in [-0.39, 0.29) is 5.56 Å². The minimum atomic E-state index is -0.157. The summed E-state index contributed by atoms with van der Waals surface area (Å²) in [5.74, 6) is 2.08. The van der Waals surface area contributed by atoms with Gasteiger partial charge in [-0.25, -0.2) is 4.98 Å². The zero-order chi connectivity index (χ0) is 14.2. The van der Waals surface area contributed by atoms with Crippen LogP contribution in [0.2, 0.25) is 0 Å². The lowest BCUT2D eigenvalue weighted by Crippen LogP contribution is -2.02. The van der Waals surface area contributed by atoms with Crippen LogP contribution in [0.25, 0.3) is 22.4 Å². The van der Waals surface area contributed by atoms with Gasteiger partial charge in [-0.2, -0.15) is 0 Å². The van der Waals surface area contributed by atoms with Crippen LogP contribution < -0.4 is 15.0 Å². The van der Waals surface area contributed by atoms with Crippen molar-refractivity contribution in [2.45, 2.75) is 6.42 Å². The highest BCUT2D eigenvalue weighted by Gasteiger charge is 2.14. The van der Waals surface area contributed by atoms with Crippen LogP contribution in [-0.2, 0) is 0 Å². The third-order valence-corrected chi connectivity index (χ3v) is 3.40. The van der Waals surface area contributed by atoms with E-state index in [1.807, 2.05) is 12.1 Å². The van der Waals surface area contributed by atoms with Crippen LogP contribution in [0.4, 0.5) is 0 Å². The molecule has 0 fully saturated rings. The van der Waals surface area contributed by atoms with E-state index in [1.54, 1.807) is 12.3 Å². The summed E-state index contributed by atoms with van der Waals surface area (Å²) < 4.78 is 11.3. The molecule has 3 aromatic rings. The number of pyridine rings is 1. The third kappa shape index (κ3) is 2.14. The van der Waals surface area contributed by atoms with Crippen LogP contribution in [0.15, 0.2) is 35.3 Å². The predicted molar refractivity (Wildman–Crippen MR) is 77.8 cm³/mol. The van der Waals surface area contributed by atoms with E-state index in [2.05, 4.69) is 15.0 Å². The Morgan fingerprint density at radius 3 is 2.71 bits per heavy atom. The average Bonchev–Trinajstić information content (AvgIpc) is 2.76. The number of aromatic amines is 2. The first-order valence-corrected chi connectivity index (χ1v) is 6.78. The highest BCUT2D eigenvalue weighted by Crippen LogP contribution is 2.34. The number of nitrogens with one attached hydrogen (secondary N) is 2. The number of aromatic nitrogens is 3. The van der Waals surface area contributed by atoms with Crippen molar-refractivity contribution in [2.75, 3.05) is 13.2 Å². The van der Waals surface area contributed by atoms with E-state index >= 15 is 0 Å². The Balaban J connectivity index is 1.85. The van der Waals surface area contributed by atoms with Crippen molar-refractivity contribution in [1.82, 2.24) is 15.0 Å². The molecule has 6 heteroatoms. The topological polar surface area (TPSA) is 80.0 Å². The minimum absolute atomic E-state index is 0.157. The first-order chi connectivity index (χ1) is 10.3. The largest absolute Gasteiger partial charge is 0.489 e. The maximum Gasteiger partial charge on any atom is 0.248 e. The Morgan fingerprint density at radius 2 is 1.90 bits per heavy atom. The van der Waals surface area contributed by atoms with Gasteiger partial charge in [0.1, 0.15) is 5.82 Å². The van der Waals surface area contributed by atoms with E-state index in [1.165, 1.54) is 6.07 Å². The predicted octanol–water partition coefficient (Wildman–Crippen LogP) is 2.08. The normalized spacial score (nSPS) is 14.1. The van der Waals surface area contributed by atoms with E-state index in [0.717, 1.165) is 28.8 Å². The van der Waals surface area contributed by atoms with E-state index in [9.17, 15) is 4.79 Å². The number of hydrogen-bond acceptors (Lipinski definition) is 4. The number of rotatable bonds is 1. The third-order valence-electron chi connectivity index (χ3n) is 3.40. The number of ether oxygens (including phenoxy) is 2. The molecule has 4 rings (SSSR count). The molecule has 0 radical (unpaired) electrons. The van der Waals surface area contributed by atoms with Crippen LogP contribution >= 0.6 is 0 Å². The van der Waals surface area contributed by atoms with Gasteiger partial charge in [0, 0.05) is 36.4 Å². The van der Waals surface area contributed by atoms with Gasteiger partial charge in [-0.3, -0.25) is 4.79 Å². The monoisotopic (exact) mass is 283 g/mol. The van der Waals surface area contributed by atoms with Crippen molar-refractivity contribution in [2.24, 2.45) is 0 Å². The fraction of sp³-hybridized carbons (Fsp3) is 0.200. The van der Waals surface area contributed by atoms with Gasteiger partial charge in [-0.15, -0.1) is 0 Å². The summed E-state index contributed by atoms with van der Waals surface area (Å²) in [6.07, 6.45) is 2.47. The van der Waals surface area contributed by atoms with Crippen molar-refractivity contribution in [3.8, 4) is 22.9 Å². The van der Waals surface area contributed by atoms with Crippen molar-refractivity contribution < 1.29 is 9.47 Å². The van der Waals surface area contributed by atoms with Crippen molar-refractivity contribution in [1.29, 1.82) is 0 Å². The first kappa shape index (κ1) is 12.0. The second kappa shape index (κ2) is 4.66. The molecular formula is C15H13N3O3. The molecule has 3 heterocycles. The molecule has 0 unspecified atom stereocenters. The molecule has 1 aromatic carbocycles. The van der Waals surface area contributed by atoms with Gasteiger partial charge < -0.3 is 19.4 Å². The van der Waals surface area contributed by atoms with Crippen LogP contribution in [0.1, 0.15) is 6.42 Å². The van der Waals surface area contributed by atoms with Crippen LogP contribution in [0.5, 0.6) is 11.5 Å². The number of fused-ring (bicyclic) bond motifs is 2. The summed E-state index contributed by atoms with van der Waals surface area (Å²) >= 11 is 0. The molecule has 2 N–H and O–H groups in total. The molecule has 0 spiro atoms. The Hall–Kier alpha value is -2.76. The fourth-order valence-electron chi connectivity index (χ4n) is 2.40. The Bertz CT molecular complexity index is 823. The van der Waals surface area contributed by atoms with Crippen LogP contribution in [-0.4, -0.2) is 28.2 Å². The van der Waals surface area contributed by atoms with Crippen molar-refractivity contribution >= 4 is 11.0 Å². The summed E-state index contributed by atoms with van der Waals surface area (Å²) in [6.45, 7) is 1.29. The van der Waals surface area contributed by atoms with Crippen molar-refractivity contribution in [3.05, 3.63) is 40.8 Å². The Morgan fingerprint density at radius 1 is 1.10 bits per heavy atom. The lowest BCUT2D eigenvalue weighted by molar-refractivity contribution is 0.297. The molecule has 0 bridgehead atoms. The van der Waals surface area contributed by atoms with E-state index in [0.29, 0.717) is 24.8 Å². The van der Waals surface area contributed by atoms with Gasteiger partial charge in [0.25, 0.3) is 0 Å². The van der Waals surface area contributed by atoms with Crippen molar-refractivity contribution in [3.63, 3.8) is 0 Å². The molecule has 106 valence electrons. The average molecular weight is 283 g/mol. The Labute approximate surface area is 119 Å². The maximum atomic E-state index is 11.4. The molecule has 0 amide bonds. The molecule has 6 nitrogen and oxygen atoms in total. The fourth-order valence-corrected chi connectivity index (χ4v) is 2.40. The molecule has 0 saturated heterocycles. The highest BCUT2D eigenvalue weighted by atomic mass is 16.5. The molecule has 0 aliphatic carbocycles. The van der Waals surface area contributed by atoms with Crippen LogP contribution in [0, 0.1) is 0 Å². The lowest BCUT2D eigenvalue weighted by atomic mass is 10.2. The Kier molecular flexibility index (Phi) is 2.67. The number of nitrogens with zero attached hydrogens (tertiary/aromatic N) is 1. The molecule has 0 saturated carbocycles. The zero-order valence-corrected chi connectivity index (χ0v) is 11.2. The summed E-state index contributed by atoms with van der Waals surface area (Å²) in [6, 6.07) is 7.07. The SMILES string of the molecule is O=c1cc(-c2nc3cc4c(cc3[nH]2)OCCCO4)cc[nH]1. The second-order valence-corrected chi connectivity index (χ2v) is 4.89. The molecular weight excluding hydrogens is 270 g/mol. The number of H-pyrrole nitrogens is 2. The number of hydrogen-bond donors (Lipinski definition) is 2. The minimum Gasteiger partial charge on any atom is -0.489 e. The van der Waals surface area contributed by atoms with Gasteiger partial charge in [0.15, 0.2) is 11.5 Å². The second-order valence-electron chi connectivity index (χ2n) is 4.89. The summed E-state index contributed by atoms with van der Waals surface area (Å²) in [5.41, 5.74) is 2.23. The molecule has 2 aromatic heterocycles. The van der Waals surface area contributed by atoms with Gasteiger partial charge in [0.05, 0.1) is 24.2 Å². The maximum absolute atomic E-state index is 11.4.